The number of carbonyl (C=O) groups is 1. The van der Waals surface area contributed by atoms with E-state index in [1.54, 1.807) is 5.38 Å². The second-order valence-corrected chi connectivity index (χ2v) is 5.92. The zero-order chi connectivity index (χ0) is 12.3. The SMILES string of the molecule is COC(=O)c1csc(NC2CCCC2SC)n1. The number of hydrogen-bond donors (Lipinski definition) is 1. The maximum absolute atomic E-state index is 11.3. The smallest absolute Gasteiger partial charge is 0.357 e. The van der Waals surface area contributed by atoms with Gasteiger partial charge in [0.1, 0.15) is 0 Å². The molecule has 1 aliphatic carbocycles. The van der Waals surface area contributed by atoms with Crippen molar-refractivity contribution in [1.82, 2.24) is 4.98 Å². The molecule has 1 fully saturated rings. The van der Waals surface area contributed by atoms with Crippen LogP contribution in [-0.4, -0.2) is 35.6 Å². The van der Waals surface area contributed by atoms with Gasteiger partial charge < -0.3 is 10.1 Å². The van der Waals surface area contributed by atoms with E-state index in [2.05, 4.69) is 21.3 Å². The zero-order valence-electron chi connectivity index (χ0n) is 9.93. The molecule has 1 saturated carbocycles. The highest BCUT2D eigenvalue weighted by Gasteiger charge is 2.27. The van der Waals surface area contributed by atoms with E-state index in [9.17, 15) is 4.79 Å². The van der Waals surface area contributed by atoms with Crippen LogP contribution in [-0.2, 0) is 4.74 Å². The Morgan fingerprint density at radius 1 is 1.65 bits per heavy atom. The Bertz CT molecular complexity index is 395. The molecule has 6 heteroatoms. The van der Waals surface area contributed by atoms with Crippen molar-refractivity contribution in [3.8, 4) is 0 Å². The van der Waals surface area contributed by atoms with Gasteiger partial charge in [-0.2, -0.15) is 11.8 Å². The normalized spacial score (nSPS) is 23.6. The average Bonchev–Trinajstić information content (AvgIpc) is 2.97. The van der Waals surface area contributed by atoms with Crippen LogP contribution in [0.5, 0.6) is 0 Å². The maximum Gasteiger partial charge on any atom is 0.357 e. The van der Waals surface area contributed by atoms with Crippen molar-refractivity contribution in [3.05, 3.63) is 11.1 Å². The summed E-state index contributed by atoms with van der Waals surface area (Å²) in [6.45, 7) is 0. The van der Waals surface area contributed by atoms with Crippen molar-refractivity contribution in [3.63, 3.8) is 0 Å². The summed E-state index contributed by atoms with van der Waals surface area (Å²) in [5, 5.41) is 6.62. The van der Waals surface area contributed by atoms with Crippen LogP contribution < -0.4 is 5.32 Å². The molecule has 0 aliphatic heterocycles. The first-order valence-electron chi connectivity index (χ1n) is 5.57. The topological polar surface area (TPSA) is 51.2 Å². The summed E-state index contributed by atoms with van der Waals surface area (Å²) >= 11 is 3.36. The molecule has 0 saturated heterocycles. The third-order valence-electron chi connectivity index (χ3n) is 2.96. The minimum Gasteiger partial charge on any atom is -0.464 e. The summed E-state index contributed by atoms with van der Waals surface area (Å²) < 4.78 is 4.64. The van der Waals surface area contributed by atoms with Gasteiger partial charge in [0, 0.05) is 16.7 Å². The Balaban J connectivity index is 1.99. The molecular formula is C11H16N2O2S2. The summed E-state index contributed by atoms with van der Waals surface area (Å²) in [4.78, 5) is 15.5. The monoisotopic (exact) mass is 272 g/mol. The molecule has 17 heavy (non-hydrogen) atoms. The fourth-order valence-corrected chi connectivity index (χ4v) is 3.75. The van der Waals surface area contributed by atoms with E-state index in [4.69, 9.17) is 0 Å². The second-order valence-electron chi connectivity index (χ2n) is 3.99. The van der Waals surface area contributed by atoms with E-state index in [-0.39, 0.29) is 5.97 Å². The lowest BCUT2D eigenvalue weighted by Gasteiger charge is -2.18. The van der Waals surface area contributed by atoms with Crippen molar-refractivity contribution in [1.29, 1.82) is 0 Å². The van der Waals surface area contributed by atoms with Crippen LogP contribution in [0.1, 0.15) is 29.8 Å². The number of aromatic nitrogens is 1. The van der Waals surface area contributed by atoms with Crippen LogP contribution in [0.2, 0.25) is 0 Å². The van der Waals surface area contributed by atoms with E-state index in [1.165, 1.54) is 37.7 Å². The number of esters is 1. The zero-order valence-corrected chi connectivity index (χ0v) is 11.6. The van der Waals surface area contributed by atoms with Crippen molar-refractivity contribution in [2.75, 3.05) is 18.7 Å². The van der Waals surface area contributed by atoms with E-state index in [0.717, 1.165) is 5.13 Å². The first-order chi connectivity index (χ1) is 8.24. The van der Waals surface area contributed by atoms with E-state index < -0.39 is 0 Å². The fourth-order valence-electron chi connectivity index (χ4n) is 2.07. The lowest BCUT2D eigenvalue weighted by Crippen LogP contribution is -2.25. The molecule has 0 spiro atoms. The highest BCUT2D eigenvalue weighted by atomic mass is 32.2. The van der Waals surface area contributed by atoms with E-state index in [1.807, 2.05) is 11.8 Å². The lowest BCUT2D eigenvalue weighted by atomic mass is 10.2. The summed E-state index contributed by atoms with van der Waals surface area (Å²) in [5.41, 5.74) is 0.388. The van der Waals surface area contributed by atoms with Gasteiger partial charge in [-0.15, -0.1) is 11.3 Å². The number of methoxy groups -OCH3 is 1. The molecule has 1 heterocycles. The predicted molar refractivity (Wildman–Crippen MR) is 72.0 cm³/mol. The van der Waals surface area contributed by atoms with E-state index >= 15 is 0 Å². The number of thiazole rings is 1. The van der Waals surface area contributed by atoms with Crippen molar-refractivity contribution >= 4 is 34.2 Å². The van der Waals surface area contributed by atoms with Crippen LogP contribution in [0.4, 0.5) is 5.13 Å². The largest absolute Gasteiger partial charge is 0.464 e. The molecule has 0 bridgehead atoms. The molecule has 94 valence electrons. The summed E-state index contributed by atoms with van der Waals surface area (Å²) in [6, 6.07) is 0.474. The van der Waals surface area contributed by atoms with Crippen LogP contribution in [0, 0.1) is 0 Å². The third kappa shape index (κ3) is 2.93. The first kappa shape index (κ1) is 12.7. The van der Waals surface area contributed by atoms with Crippen molar-refractivity contribution in [2.45, 2.75) is 30.6 Å². The summed E-state index contributed by atoms with van der Waals surface area (Å²) in [6.07, 6.45) is 5.84. The van der Waals surface area contributed by atoms with Crippen molar-refractivity contribution < 1.29 is 9.53 Å². The quantitative estimate of drug-likeness (QED) is 0.854. The molecule has 0 amide bonds. The molecule has 2 rings (SSSR count). The molecular weight excluding hydrogens is 256 g/mol. The Hall–Kier alpha value is -0.750. The molecule has 0 aromatic carbocycles. The van der Waals surface area contributed by atoms with Gasteiger partial charge in [0.2, 0.25) is 0 Å². The summed E-state index contributed by atoms with van der Waals surface area (Å²) in [7, 11) is 1.37. The lowest BCUT2D eigenvalue weighted by molar-refractivity contribution is 0.0595. The van der Waals surface area contributed by atoms with E-state index in [0.29, 0.717) is 17.0 Å². The van der Waals surface area contributed by atoms with Crippen LogP contribution in [0.15, 0.2) is 5.38 Å². The van der Waals surface area contributed by atoms with Gasteiger partial charge in [-0.1, -0.05) is 6.42 Å². The first-order valence-corrected chi connectivity index (χ1v) is 7.74. The Morgan fingerprint density at radius 2 is 2.47 bits per heavy atom. The third-order valence-corrected chi connectivity index (χ3v) is 4.91. The van der Waals surface area contributed by atoms with Crippen molar-refractivity contribution in [2.24, 2.45) is 0 Å². The standard InChI is InChI=1S/C11H16N2O2S2/c1-15-10(14)8-6-17-11(13-8)12-7-4-3-5-9(7)16-2/h6-7,9H,3-5H2,1-2H3,(H,12,13). The van der Waals surface area contributed by atoms with Gasteiger partial charge in [0.05, 0.1) is 7.11 Å². The minimum atomic E-state index is -0.373. The summed E-state index contributed by atoms with van der Waals surface area (Å²) in [5.74, 6) is -0.373. The molecule has 0 radical (unpaired) electrons. The molecule has 1 aliphatic rings. The second kappa shape index (κ2) is 5.73. The molecule has 2 atom stereocenters. The van der Waals surface area contributed by atoms with Crippen LogP contribution in [0.25, 0.3) is 0 Å². The number of rotatable bonds is 4. The highest BCUT2D eigenvalue weighted by Crippen LogP contribution is 2.31. The van der Waals surface area contributed by atoms with Crippen LogP contribution >= 0.6 is 23.1 Å². The number of nitrogens with zero attached hydrogens (tertiary/aromatic N) is 1. The minimum absolute atomic E-state index is 0.373. The Morgan fingerprint density at radius 3 is 3.18 bits per heavy atom. The molecule has 1 aromatic heterocycles. The maximum atomic E-state index is 11.3. The highest BCUT2D eigenvalue weighted by molar-refractivity contribution is 7.99. The fraction of sp³-hybridized carbons (Fsp3) is 0.636. The molecule has 1 N–H and O–H groups in total. The number of ether oxygens (including phenoxy) is 1. The number of anilines is 1. The van der Waals surface area contributed by atoms with Gasteiger partial charge in [0.25, 0.3) is 0 Å². The Kier molecular flexibility index (Phi) is 4.28. The Labute approximate surface area is 109 Å². The number of nitrogens with one attached hydrogen (secondary N) is 1. The number of carbonyl (C=O) groups excluding carboxylic acids is 1. The molecule has 4 nitrogen and oxygen atoms in total. The van der Waals surface area contributed by atoms with Gasteiger partial charge in [-0.3, -0.25) is 0 Å². The van der Waals surface area contributed by atoms with Gasteiger partial charge in [-0.25, -0.2) is 9.78 Å². The van der Waals surface area contributed by atoms with Crippen LogP contribution in [0.3, 0.4) is 0 Å². The predicted octanol–water partition coefficient (Wildman–Crippen LogP) is 2.63. The number of hydrogen-bond acceptors (Lipinski definition) is 6. The van der Waals surface area contributed by atoms with Gasteiger partial charge in [0.15, 0.2) is 10.8 Å². The number of thioether (sulfide) groups is 1. The van der Waals surface area contributed by atoms with Gasteiger partial charge in [-0.05, 0) is 19.1 Å². The van der Waals surface area contributed by atoms with Gasteiger partial charge >= 0.3 is 5.97 Å². The molecule has 1 aromatic rings. The molecule has 2 unspecified atom stereocenters. The average molecular weight is 272 g/mol.